The Morgan fingerprint density at radius 1 is 1.37 bits per heavy atom. The molecule has 0 saturated carbocycles. The molecule has 1 unspecified atom stereocenters. The number of ether oxygens (including phenoxy) is 1. The van der Waals surface area contributed by atoms with E-state index < -0.39 is 0 Å². The van der Waals surface area contributed by atoms with E-state index >= 15 is 0 Å². The summed E-state index contributed by atoms with van der Waals surface area (Å²) >= 11 is 0. The fraction of sp³-hybridized carbons (Fsp3) is 0.500. The van der Waals surface area contributed by atoms with Crippen molar-refractivity contribution in [3.05, 3.63) is 29.8 Å². The zero-order chi connectivity index (χ0) is 13.7. The molecular formula is C14H21N3O2. The number of anilines is 1. The molecule has 5 heteroatoms. The standard InChI is InChI=1S/C14H21N3O2/c15-13-3-1-11(2-4-13)7-17(9-14(16)18)8-12-5-6-19-10-12/h1-4,12H,5-10,15H2,(H2,16,18). The van der Waals surface area contributed by atoms with Crippen LogP contribution in [0, 0.1) is 5.92 Å². The molecule has 0 radical (unpaired) electrons. The van der Waals surface area contributed by atoms with Crippen LogP contribution in [0.4, 0.5) is 5.69 Å². The quantitative estimate of drug-likeness (QED) is 0.736. The van der Waals surface area contributed by atoms with E-state index in [1.165, 1.54) is 0 Å². The number of rotatable bonds is 6. The van der Waals surface area contributed by atoms with Crippen molar-refractivity contribution < 1.29 is 9.53 Å². The van der Waals surface area contributed by atoms with Gasteiger partial charge in [0.05, 0.1) is 13.2 Å². The summed E-state index contributed by atoms with van der Waals surface area (Å²) in [6, 6.07) is 7.70. The average molecular weight is 263 g/mol. The van der Waals surface area contributed by atoms with Gasteiger partial charge in [-0.05, 0) is 30.0 Å². The Morgan fingerprint density at radius 2 is 2.11 bits per heavy atom. The summed E-state index contributed by atoms with van der Waals surface area (Å²) in [5, 5.41) is 0. The molecule has 1 amide bonds. The third-order valence-corrected chi connectivity index (χ3v) is 3.31. The predicted molar refractivity (Wildman–Crippen MR) is 74.3 cm³/mol. The molecule has 1 heterocycles. The van der Waals surface area contributed by atoms with Crippen molar-refractivity contribution in [1.82, 2.24) is 4.90 Å². The van der Waals surface area contributed by atoms with E-state index in [2.05, 4.69) is 4.90 Å². The molecule has 0 aliphatic carbocycles. The average Bonchev–Trinajstić information content (AvgIpc) is 2.84. The van der Waals surface area contributed by atoms with Crippen molar-refractivity contribution in [1.29, 1.82) is 0 Å². The number of hydrogen-bond donors (Lipinski definition) is 2. The first-order valence-corrected chi connectivity index (χ1v) is 6.56. The Hall–Kier alpha value is -1.59. The van der Waals surface area contributed by atoms with Gasteiger partial charge in [0.25, 0.3) is 0 Å². The van der Waals surface area contributed by atoms with Gasteiger partial charge < -0.3 is 16.2 Å². The molecular weight excluding hydrogens is 242 g/mol. The van der Waals surface area contributed by atoms with E-state index in [0.29, 0.717) is 12.5 Å². The molecule has 0 spiro atoms. The highest BCUT2D eigenvalue weighted by molar-refractivity contribution is 5.75. The number of carbonyl (C=O) groups is 1. The summed E-state index contributed by atoms with van der Waals surface area (Å²) in [5.74, 6) is 0.197. The molecule has 1 atom stereocenters. The van der Waals surface area contributed by atoms with Gasteiger partial charge in [-0.15, -0.1) is 0 Å². The van der Waals surface area contributed by atoms with Crippen molar-refractivity contribution in [2.75, 3.05) is 32.0 Å². The second kappa shape index (κ2) is 6.54. The summed E-state index contributed by atoms with van der Waals surface area (Å²) in [6.45, 7) is 3.42. The monoisotopic (exact) mass is 263 g/mol. The van der Waals surface area contributed by atoms with Gasteiger partial charge in [0, 0.05) is 25.4 Å². The lowest BCUT2D eigenvalue weighted by Crippen LogP contribution is -2.36. The summed E-state index contributed by atoms with van der Waals surface area (Å²) in [6.07, 6.45) is 1.05. The normalized spacial score (nSPS) is 18.9. The minimum absolute atomic E-state index is 0.279. The summed E-state index contributed by atoms with van der Waals surface area (Å²) in [7, 11) is 0. The molecule has 1 aromatic carbocycles. The first-order chi connectivity index (χ1) is 9.13. The van der Waals surface area contributed by atoms with Gasteiger partial charge in [-0.25, -0.2) is 0 Å². The maximum absolute atomic E-state index is 11.2. The van der Waals surface area contributed by atoms with Gasteiger partial charge in [0.2, 0.25) is 5.91 Å². The Morgan fingerprint density at radius 3 is 2.68 bits per heavy atom. The van der Waals surface area contributed by atoms with Crippen LogP contribution in [-0.4, -0.2) is 37.1 Å². The van der Waals surface area contributed by atoms with Crippen molar-refractivity contribution in [3.8, 4) is 0 Å². The van der Waals surface area contributed by atoms with Crippen molar-refractivity contribution in [2.24, 2.45) is 11.7 Å². The number of nitrogen functional groups attached to an aromatic ring is 1. The van der Waals surface area contributed by atoms with E-state index in [0.717, 1.165) is 37.4 Å². The maximum atomic E-state index is 11.2. The van der Waals surface area contributed by atoms with Crippen LogP contribution in [0.1, 0.15) is 12.0 Å². The van der Waals surface area contributed by atoms with Crippen molar-refractivity contribution in [3.63, 3.8) is 0 Å². The Kier molecular flexibility index (Phi) is 4.76. The Balaban J connectivity index is 1.95. The highest BCUT2D eigenvalue weighted by Gasteiger charge is 2.20. The maximum Gasteiger partial charge on any atom is 0.231 e. The van der Waals surface area contributed by atoms with Gasteiger partial charge >= 0.3 is 0 Å². The number of nitrogens with zero attached hydrogens (tertiary/aromatic N) is 1. The third kappa shape index (κ3) is 4.54. The van der Waals surface area contributed by atoms with Gasteiger partial charge in [-0.3, -0.25) is 9.69 Å². The minimum atomic E-state index is -0.297. The summed E-state index contributed by atoms with van der Waals surface area (Å²) in [5.41, 5.74) is 12.9. The van der Waals surface area contributed by atoms with E-state index in [-0.39, 0.29) is 12.5 Å². The van der Waals surface area contributed by atoms with E-state index in [4.69, 9.17) is 16.2 Å². The molecule has 0 bridgehead atoms. The minimum Gasteiger partial charge on any atom is -0.399 e. The van der Waals surface area contributed by atoms with Gasteiger partial charge in [-0.2, -0.15) is 0 Å². The van der Waals surface area contributed by atoms with Gasteiger partial charge in [0.1, 0.15) is 0 Å². The van der Waals surface area contributed by atoms with Crippen LogP contribution < -0.4 is 11.5 Å². The van der Waals surface area contributed by atoms with E-state index in [1.807, 2.05) is 24.3 Å². The molecule has 0 aromatic heterocycles. The second-order valence-corrected chi connectivity index (χ2v) is 5.11. The summed E-state index contributed by atoms with van der Waals surface area (Å²) < 4.78 is 5.37. The van der Waals surface area contributed by atoms with Crippen LogP contribution in [0.3, 0.4) is 0 Å². The molecule has 4 N–H and O–H groups in total. The topological polar surface area (TPSA) is 81.6 Å². The fourth-order valence-electron chi connectivity index (χ4n) is 2.38. The number of primary amides is 1. The molecule has 2 rings (SSSR count). The molecule has 1 saturated heterocycles. The number of benzene rings is 1. The first-order valence-electron chi connectivity index (χ1n) is 6.56. The van der Waals surface area contributed by atoms with Crippen LogP contribution in [0.15, 0.2) is 24.3 Å². The second-order valence-electron chi connectivity index (χ2n) is 5.11. The summed E-state index contributed by atoms with van der Waals surface area (Å²) in [4.78, 5) is 13.2. The SMILES string of the molecule is NC(=O)CN(Cc1ccc(N)cc1)CC1CCOC1. The van der Waals surface area contributed by atoms with Crippen LogP contribution in [0.25, 0.3) is 0 Å². The first kappa shape index (κ1) is 13.8. The smallest absolute Gasteiger partial charge is 0.231 e. The number of nitrogens with two attached hydrogens (primary N) is 2. The Bertz CT molecular complexity index is 413. The van der Waals surface area contributed by atoms with Crippen LogP contribution in [0.5, 0.6) is 0 Å². The highest BCUT2D eigenvalue weighted by Crippen LogP contribution is 2.16. The molecule has 1 fully saturated rings. The number of amides is 1. The molecule has 104 valence electrons. The molecule has 1 aromatic rings. The zero-order valence-electron chi connectivity index (χ0n) is 11.0. The molecule has 19 heavy (non-hydrogen) atoms. The lowest BCUT2D eigenvalue weighted by molar-refractivity contribution is -0.119. The highest BCUT2D eigenvalue weighted by atomic mass is 16.5. The fourth-order valence-corrected chi connectivity index (χ4v) is 2.38. The van der Waals surface area contributed by atoms with E-state index in [9.17, 15) is 4.79 Å². The Labute approximate surface area is 113 Å². The molecule has 1 aliphatic heterocycles. The third-order valence-electron chi connectivity index (χ3n) is 3.31. The van der Waals surface area contributed by atoms with Crippen LogP contribution in [0.2, 0.25) is 0 Å². The zero-order valence-corrected chi connectivity index (χ0v) is 11.0. The number of carbonyl (C=O) groups excluding carboxylic acids is 1. The van der Waals surface area contributed by atoms with Crippen LogP contribution in [-0.2, 0) is 16.1 Å². The van der Waals surface area contributed by atoms with Gasteiger partial charge in [-0.1, -0.05) is 12.1 Å². The van der Waals surface area contributed by atoms with E-state index in [1.54, 1.807) is 0 Å². The van der Waals surface area contributed by atoms with Crippen molar-refractivity contribution >= 4 is 11.6 Å². The predicted octanol–water partition coefficient (Wildman–Crippen LogP) is 0.593. The number of hydrogen-bond acceptors (Lipinski definition) is 4. The van der Waals surface area contributed by atoms with Gasteiger partial charge in [0.15, 0.2) is 0 Å². The van der Waals surface area contributed by atoms with Crippen molar-refractivity contribution in [2.45, 2.75) is 13.0 Å². The lowest BCUT2D eigenvalue weighted by Gasteiger charge is -2.23. The van der Waals surface area contributed by atoms with Crippen LogP contribution >= 0.6 is 0 Å². The lowest BCUT2D eigenvalue weighted by atomic mass is 10.1. The largest absolute Gasteiger partial charge is 0.399 e. The molecule has 5 nitrogen and oxygen atoms in total. The molecule has 1 aliphatic rings.